The van der Waals surface area contributed by atoms with E-state index < -0.39 is 17.9 Å². The molecule has 1 unspecified atom stereocenters. The second kappa shape index (κ2) is 10.2. The average Bonchev–Trinajstić information content (AvgIpc) is 2.57. The number of aromatic carboxylic acids is 1. The molecular formula is C18H22O6. The lowest BCUT2D eigenvalue weighted by atomic mass is 10.1. The van der Waals surface area contributed by atoms with Crippen LogP contribution in [0.1, 0.15) is 53.3 Å². The second-order valence-electron chi connectivity index (χ2n) is 5.32. The maximum atomic E-state index is 11.8. The lowest BCUT2D eigenvalue weighted by molar-refractivity contribution is -0.142. The van der Waals surface area contributed by atoms with E-state index in [9.17, 15) is 14.4 Å². The van der Waals surface area contributed by atoms with Crippen LogP contribution in [-0.4, -0.2) is 35.7 Å². The standard InChI is InChI=1S/C18H22O6/c1-3-16(19)24-13(2)7-5-4-6-12-23-18(22)15-10-8-14(9-11-15)17(20)21/h3,8-11,13H,1,4-7,12H2,2H3,(H,20,21). The fourth-order valence-electron chi connectivity index (χ4n) is 2.01. The van der Waals surface area contributed by atoms with E-state index in [1.54, 1.807) is 0 Å². The Balaban J connectivity index is 2.18. The van der Waals surface area contributed by atoms with Gasteiger partial charge in [0.25, 0.3) is 0 Å². The zero-order valence-corrected chi connectivity index (χ0v) is 13.7. The third-order valence-corrected chi connectivity index (χ3v) is 3.34. The number of esters is 2. The number of carbonyl (C=O) groups excluding carboxylic acids is 2. The number of rotatable bonds is 10. The molecule has 0 saturated heterocycles. The summed E-state index contributed by atoms with van der Waals surface area (Å²) in [7, 11) is 0. The van der Waals surface area contributed by atoms with Gasteiger partial charge in [-0.05, 0) is 56.9 Å². The van der Waals surface area contributed by atoms with E-state index in [-0.39, 0.29) is 11.7 Å². The summed E-state index contributed by atoms with van der Waals surface area (Å²) in [6.45, 7) is 5.45. The van der Waals surface area contributed by atoms with Crippen LogP contribution in [0.2, 0.25) is 0 Å². The minimum absolute atomic E-state index is 0.123. The molecule has 0 saturated carbocycles. The minimum atomic E-state index is -1.04. The third-order valence-electron chi connectivity index (χ3n) is 3.34. The monoisotopic (exact) mass is 334 g/mol. The van der Waals surface area contributed by atoms with Crippen LogP contribution in [0.4, 0.5) is 0 Å². The van der Waals surface area contributed by atoms with Gasteiger partial charge >= 0.3 is 17.9 Å². The predicted molar refractivity (Wildman–Crippen MR) is 87.9 cm³/mol. The van der Waals surface area contributed by atoms with E-state index in [1.807, 2.05) is 6.92 Å². The highest BCUT2D eigenvalue weighted by atomic mass is 16.5. The van der Waals surface area contributed by atoms with Crippen LogP contribution in [0.3, 0.4) is 0 Å². The van der Waals surface area contributed by atoms with Crippen molar-refractivity contribution in [3.63, 3.8) is 0 Å². The van der Waals surface area contributed by atoms with Crippen LogP contribution in [-0.2, 0) is 14.3 Å². The molecule has 0 aliphatic carbocycles. The molecule has 0 heterocycles. The van der Waals surface area contributed by atoms with Crippen molar-refractivity contribution in [1.82, 2.24) is 0 Å². The first-order chi connectivity index (χ1) is 11.4. The first-order valence-electron chi connectivity index (χ1n) is 7.77. The van der Waals surface area contributed by atoms with Crippen molar-refractivity contribution in [1.29, 1.82) is 0 Å². The predicted octanol–water partition coefficient (Wildman–Crippen LogP) is 3.22. The summed E-state index contributed by atoms with van der Waals surface area (Å²) in [6, 6.07) is 5.60. The summed E-state index contributed by atoms with van der Waals surface area (Å²) < 4.78 is 10.2. The Kier molecular flexibility index (Phi) is 8.25. The van der Waals surface area contributed by atoms with Crippen molar-refractivity contribution in [2.24, 2.45) is 0 Å². The topological polar surface area (TPSA) is 89.9 Å². The minimum Gasteiger partial charge on any atom is -0.478 e. The fraction of sp³-hybridized carbons (Fsp3) is 0.389. The molecule has 1 aromatic carbocycles. The largest absolute Gasteiger partial charge is 0.478 e. The van der Waals surface area contributed by atoms with Gasteiger partial charge in [0.2, 0.25) is 0 Å². The van der Waals surface area contributed by atoms with Crippen molar-refractivity contribution in [2.45, 2.75) is 38.7 Å². The average molecular weight is 334 g/mol. The molecule has 6 heteroatoms. The summed E-state index contributed by atoms with van der Waals surface area (Å²) >= 11 is 0. The van der Waals surface area contributed by atoms with Gasteiger partial charge in [0.05, 0.1) is 23.8 Å². The highest BCUT2D eigenvalue weighted by Crippen LogP contribution is 2.09. The van der Waals surface area contributed by atoms with Crippen LogP contribution < -0.4 is 0 Å². The van der Waals surface area contributed by atoms with Gasteiger partial charge in [-0.15, -0.1) is 0 Å². The molecule has 0 aliphatic heterocycles. The highest BCUT2D eigenvalue weighted by Gasteiger charge is 2.09. The number of carbonyl (C=O) groups is 3. The molecule has 130 valence electrons. The number of benzene rings is 1. The Hall–Kier alpha value is -2.63. The molecule has 1 aromatic rings. The van der Waals surface area contributed by atoms with Crippen LogP contribution in [0.5, 0.6) is 0 Å². The molecule has 0 aliphatic rings. The maximum Gasteiger partial charge on any atom is 0.338 e. The third kappa shape index (κ3) is 7.09. The molecule has 0 spiro atoms. The van der Waals surface area contributed by atoms with Crippen molar-refractivity contribution < 1.29 is 29.0 Å². The van der Waals surface area contributed by atoms with Crippen molar-refractivity contribution >= 4 is 17.9 Å². The number of carboxylic acids is 1. The molecule has 0 radical (unpaired) electrons. The molecular weight excluding hydrogens is 312 g/mol. The van der Waals surface area contributed by atoms with Crippen LogP contribution in [0.25, 0.3) is 0 Å². The van der Waals surface area contributed by atoms with Crippen molar-refractivity contribution in [3.05, 3.63) is 48.0 Å². The van der Waals surface area contributed by atoms with E-state index in [4.69, 9.17) is 14.6 Å². The smallest absolute Gasteiger partial charge is 0.338 e. The van der Waals surface area contributed by atoms with Crippen LogP contribution in [0, 0.1) is 0 Å². The van der Waals surface area contributed by atoms with Gasteiger partial charge in [-0.3, -0.25) is 0 Å². The molecule has 0 fully saturated rings. The Bertz CT molecular complexity index is 576. The number of hydrogen-bond donors (Lipinski definition) is 1. The molecule has 1 rings (SSSR count). The quantitative estimate of drug-likeness (QED) is 0.401. The number of carboxylic acid groups (broad SMARTS) is 1. The van der Waals surface area contributed by atoms with Gasteiger partial charge in [-0.1, -0.05) is 6.58 Å². The summed E-state index contributed by atoms with van der Waals surface area (Å²) in [5.41, 5.74) is 0.447. The highest BCUT2D eigenvalue weighted by molar-refractivity contribution is 5.92. The second-order valence-corrected chi connectivity index (χ2v) is 5.32. The Morgan fingerprint density at radius 2 is 1.75 bits per heavy atom. The number of ether oxygens (including phenoxy) is 2. The van der Waals surface area contributed by atoms with E-state index >= 15 is 0 Å². The van der Waals surface area contributed by atoms with Crippen LogP contribution >= 0.6 is 0 Å². The molecule has 0 amide bonds. The maximum absolute atomic E-state index is 11.8. The molecule has 1 atom stereocenters. The summed E-state index contributed by atoms with van der Waals surface area (Å²) in [4.78, 5) is 33.5. The van der Waals surface area contributed by atoms with Gasteiger partial charge in [-0.25, -0.2) is 14.4 Å². The van der Waals surface area contributed by atoms with Gasteiger partial charge < -0.3 is 14.6 Å². The Morgan fingerprint density at radius 1 is 1.12 bits per heavy atom. The molecule has 1 N–H and O–H groups in total. The normalized spacial score (nSPS) is 11.4. The summed E-state index contributed by atoms with van der Waals surface area (Å²) in [5, 5.41) is 8.79. The van der Waals surface area contributed by atoms with E-state index in [1.165, 1.54) is 24.3 Å². The van der Waals surface area contributed by atoms with Crippen molar-refractivity contribution in [2.75, 3.05) is 6.61 Å². The number of unbranched alkanes of at least 4 members (excludes halogenated alkanes) is 2. The lowest BCUT2D eigenvalue weighted by Crippen LogP contribution is -2.12. The van der Waals surface area contributed by atoms with E-state index in [2.05, 4.69) is 6.58 Å². The van der Waals surface area contributed by atoms with Gasteiger partial charge in [0, 0.05) is 6.08 Å². The van der Waals surface area contributed by atoms with Crippen molar-refractivity contribution in [3.8, 4) is 0 Å². The molecule has 6 nitrogen and oxygen atoms in total. The first kappa shape index (κ1) is 19.4. The summed E-state index contributed by atoms with van der Waals surface area (Å²) in [5.74, 6) is -1.94. The summed E-state index contributed by atoms with van der Waals surface area (Å²) in [6.07, 6.45) is 4.13. The Labute approximate surface area is 141 Å². The van der Waals surface area contributed by atoms with Gasteiger partial charge in [-0.2, -0.15) is 0 Å². The lowest BCUT2D eigenvalue weighted by Gasteiger charge is -2.11. The number of hydrogen-bond acceptors (Lipinski definition) is 5. The molecule has 0 aromatic heterocycles. The van der Waals surface area contributed by atoms with Gasteiger partial charge in [0.15, 0.2) is 0 Å². The fourth-order valence-corrected chi connectivity index (χ4v) is 2.01. The molecule has 0 bridgehead atoms. The van der Waals surface area contributed by atoms with E-state index in [0.29, 0.717) is 18.6 Å². The van der Waals surface area contributed by atoms with Gasteiger partial charge in [0.1, 0.15) is 0 Å². The molecule has 24 heavy (non-hydrogen) atoms. The Morgan fingerprint density at radius 3 is 2.33 bits per heavy atom. The van der Waals surface area contributed by atoms with Crippen LogP contribution in [0.15, 0.2) is 36.9 Å². The zero-order valence-electron chi connectivity index (χ0n) is 13.7. The zero-order chi connectivity index (χ0) is 17.9. The first-order valence-corrected chi connectivity index (χ1v) is 7.77. The van der Waals surface area contributed by atoms with E-state index in [0.717, 1.165) is 25.3 Å². The SMILES string of the molecule is C=CC(=O)OC(C)CCCCCOC(=O)c1ccc(C(=O)O)cc1.